The molecule has 0 radical (unpaired) electrons. The van der Waals surface area contributed by atoms with E-state index in [4.69, 9.17) is 11.2 Å². The summed E-state index contributed by atoms with van der Waals surface area (Å²) in [6.45, 7) is 0. The van der Waals surface area contributed by atoms with Crippen molar-refractivity contribution in [1.29, 1.82) is 0 Å². The summed E-state index contributed by atoms with van der Waals surface area (Å²) >= 11 is 0. The highest BCUT2D eigenvalue weighted by atomic mass is 16.5. The molecule has 5 heteroatoms. The van der Waals surface area contributed by atoms with Crippen molar-refractivity contribution in [3.05, 3.63) is 42.1 Å². The normalized spacial score (nSPS) is 11.5. The van der Waals surface area contributed by atoms with Crippen LogP contribution in [-0.4, -0.2) is 30.0 Å². The van der Waals surface area contributed by atoms with Crippen LogP contribution in [0.25, 0.3) is 10.9 Å². The number of nitrogens with one attached hydrogen (secondary N) is 1. The van der Waals surface area contributed by atoms with E-state index in [2.05, 4.69) is 16.2 Å². The summed E-state index contributed by atoms with van der Waals surface area (Å²) in [7, 11) is 1.30. The van der Waals surface area contributed by atoms with Gasteiger partial charge < -0.3 is 10.1 Å². The molecule has 0 saturated heterocycles. The number of hydrogen-bond acceptors (Lipinski definition) is 4. The van der Waals surface area contributed by atoms with E-state index >= 15 is 0 Å². The predicted molar refractivity (Wildman–Crippen MR) is 87.7 cm³/mol. The number of ether oxygens (including phenoxy) is 1. The topological polar surface area (TPSA) is 68.3 Å². The van der Waals surface area contributed by atoms with Crippen LogP contribution < -0.4 is 5.32 Å². The predicted octanol–water partition coefficient (Wildman–Crippen LogP) is 2.31. The van der Waals surface area contributed by atoms with Gasteiger partial charge in [0.2, 0.25) is 0 Å². The van der Waals surface area contributed by atoms with Crippen molar-refractivity contribution < 1.29 is 14.3 Å². The molecule has 1 aromatic heterocycles. The summed E-state index contributed by atoms with van der Waals surface area (Å²) in [5.41, 5.74) is 1.20. The number of carbonyl (C=O) groups excluding carboxylic acids is 2. The van der Waals surface area contributed by atoms with Gasteiger partial charge in [0.25, 0.3) is 5.91 Å². The van der Waals surface area contributed by atoms with Gasteiger partial charge in [-0.2, -0.15) is 0 Å². The van der Waals surface area contributed by atoms with E-state index in [0.29, 0.717) is 24.8 Å². The Hall–Kier alpha value is -2.87. The molecule has 1 atom stereocenters. The van der Waals surface area contributed by atoms with Crippen molar-refractivity contribution in [2.45, 2.75) is 25.3 Å². The lowest BCUT2D eigenvalue weighted by Crippen LogP contribution is -2.41. The first kappa shape index (κ1) is 16.5. The Morgan fingerprint density at radius 3 is 2.87 bits per heavy atom. The highest BCUT2D eigenvalue weighted by Gasteiger charge is 2.22. The van der Waals surface area contributed by atoms with Crippen LogP contribution in [0.15, 0.2) is 36.5 Å². The molecule has 1 N–H and O–H groups in total. The van der Waals surface area contributed by atoms with Gasteiger partial charge in [-0.1, -0.05) is 18.2 Å². The maximum Gasteiger partial charge on any atom is 0.328 e. The third-order valence-corrected chi connectivity index (χ3v) is 3.50. The van der Waals surface area contributed by atoms with Gasteiger partial charge in [0.1, 0.15) is 6.04 Å². The molecule has 0 aliphatic carbocycles. The molecular weight excluding hydrogens is 292 g/mol. The number of rotatable bonds is 6. The summed E-state index contributed by atoms with van der Waals surface area (Å²) in [6.07, 6.45) is 8.40. The van der Waals surface area contributed by atoms with Gasteiger partial charge in [0.05, 0.1) is 18.2 Å². The number of hydrogen-bond donors (Lipinski definition) is 1. The molecule has 0 saturated carbocycles. The summed E-state index contributed by atoms with van der Waals surface area (Å²) in [5, 5.41) is 3.46. The summed E-state index contributed by atoms with van der Waals surface area (Å²) in [5.74, 6) is 1.70. The van der Waals surface area contributed by atoms with E-state index in [1.165, 1.54) is 7.11 Å². The first-order valence-electron chi connectivity index (χ1n) is 7.33. The highest BCUT2D eigenvalue weighted by Crippen LogP contribution is 2.16. The van der Waals surface area contributed by atoms with Gasteiger partial charge in [-0.3, -0.25) is 9.78 Å². The van der Waals surface area contributed by atoms with Crippen molar-refractivity contribution in [1.82, 2.24) is 10.3 Å². The smallest absolute Gasteiger partial charge is 0.328 e. The van der Waals surface area contributed by atoms with Crippen molar-refractivity contribution in [2.24, 2.45) is 0 Å². The minimum atomic E-state index is -0.715. The Morgan fingerprint density at radius 1 is 1.35 bits per heavy atom. The zero-order chi connectivity index (χ0) is 16.7. The van der Waals surface area contributed by atoms with Crippen LogP contribution in [0.4, 0.5) is 0 Å². The Morgan fingerprint density at radius 2 is 2.13 bits per heavy atom. The van der Waals surface area contributed by atoms with Crippen LogP contribution in [0.2, 0.25) is 0 Å². The minimum absolute atomic E-state index is 0.334. The van der Waals surface area contributed by atoms with Gasteiger partial charge in [0.15, 0.2) is 0 Å². The summed E-state index contributed by atoms with van der Waals surface area (Å²) in [6, 6.07) is 8.26. The Labute approximate surface area is 135 Å². The van der Waals surface area contributed by atoms with Crippen LogP contribution >= 0.6 is 0 Å². The monoisotopic (exact) mass is 310 g/mol. The molecule has 2 rings (SSSR count). The summed E-state index contributed by atoms with van der Waals surface area (Å²) in [4.78, 5) is 28.6. The van der Waals surface area contributed by atoms with Crippen LogP contribution in [-0.2, 0) is 9.53 Å². The molecule has 2 aromatic rings. The van der Waals surface area contributed by atoms with Gasteiger partial charge in [-0.25, -0.2) is 4.79 Å². The maximum atomic E-state index is 12.5. The van der Waals surface area contributed by atoms with Crippen LogP contribution in [0.1, 0.15) is 29.6 Å². The molecule has 0 unspecified atom stereocenters. The lowest BCUT2D eigenvalue weighted by molar-refractivity contribution is -0.143. The van der Waals surface area contributed by atoms with E-state index in [9.17, 15) is 9.59 Å². The number of benzene rings is 1. The lowest BCUT2D eigenvalue weighted by Gasteiger charge is -2.16. The SMILES string of the molecule is C#CCCC[C@H](NC(=O)c1ccnc2ccccc12)C(=O)OC. The van der Waals surface area contributed by atoms with E-state index in [1.54, 1.807) is 12.3 Å². The van der Waals surface area contributed by atoms with Crippen LogP contribution in [0, 0.1) is 12.3 Å². The third kappa shape index (κ3) is 4.07. The fraction of sp³-hybridized carbons (Fsp3) is 0.278. The fourth-order valence-electron chi connectivity index (χ4n) is 2.33. The van der Waals surface area contributed by atoms with Crippen molar-refractivity contribution in [3.8, 4) is 12.3 Å². The number of carbonyl (C=O) groups is 2. The lowest BCUT2D eigenvalue weighted by atomic mass is 10.1. The number of pyridine rings is 1. The third-order valence-electron chi connectivity index (χ3n) is 3.50. The molecule has 0 bridgehead atoms. The second-order valence-electron chi connectivity index (χ2n) is 5.02. The number of amides is 1. The quantitative estimate of drug-likeness (QED) is 0.505. The number of nitrogens with zero attached hydrogens (tertiary/aromatic N) is 1. The first-order valence-corrected chi connectivity index (χ1v) is 7.33. The number of methoxy groups -OCH3 is 1. The number of fused-ring (bicyclic) bond motifs is 1. The number of terminal acetylenes is 1. The molecule has 5 nitrogen and oxygen atoms in total. The largest absolute Gasteiger partial charge is 0.467 e. The average molecular weight is 310 g/mol. The van der Waals surface area contributed by atoms with Gasteiger partial charge in [-0.05, 0) is 25.0 Å². The molecule has 1 aromatic carbocycles. The minimum Gasteiger partial charge on any atom is -0.467 e. The second kappa shape index (κ2) is 7.95. The van der Waals surface area contributed by atoms with Crippen molar-refractivity contribution in [2.75, 3.05) is 7.11 Å². The van der Waals surface area contributed by atoms with Gasteiger partial charge >= 0.3 is 5.97 Å². The van der Waals surface area contributed by atoms with E-state index < -0.39 is 12.0 Å². The van der Waals surface area contributed by atoms with Crippen LogP contribution in [0.3, 0.4) is 0 Å². The number of aromatic nitrogens is 1. The maximum absolute atomic E-state index is 12.5. The van der Waals surface area contributed by atoms with Gasteiger partial charge in [-0.15, -0.1) is 12.3 Å². The van der Waals surface area contributed by atoms with E-state index in [1.807, 2.05) is 24.3 Å². The molecule has 0 aliphatic rings. The molecular formula is C18H18N2O3. The molecule has 23 heavy (non-hydrogen) atoms. The number of unbranched alkanes of at least 4 members (excludes halogenated alkanes) is 1. The summed E-state index contributed by atoms with van der Waals surface area (Å²) < 4.78 is 4.75. The number of para-hydroxylation sites is 1. The Balaban J connectivity index is 2.20. The van der Waals surface area contributed by atoms with Crippen molar-refractivity contribution >= 4 is 22.8 Å². The molecule has 0 aliphatic heterocycles. The molecule has 0 fully saturated rings. The highest BCUT2D eigenvalue weighted by molar-refractivity contribution is 6.07. The van der Waals surface area contributed by atoms with Crippen molar-refractivity contribution in [3.63, 3.8) is 0 Å². The molecule has 118 valence electrons. The van der Waals surface area contributed by atoms with E-state index in [0.717, 1.165) is 10.9 Å². The molecule has 1 amide bonds. The molecule has 1 heterocycles. The number of esters is 1. The first-order chi connectivity index (χ1) is 11.2. The average Bonchev–Trinajstić information content (AvgIpc) is 2.59. The Kier molecular flexibility index (Phi) is 5.70. The standard InChI is InChI=1S/C18H18N2O3/c1-3-4-5-10-16(18(22)23-2)20-17(21)14-11-12-19-15-9-7-6-8-13(14)15/h1,6-9,11-12,16H,4-5,10H2,2H3,(H,20,21)/t16-/m0/s1. The zero-order valence-electron chi connectivity index (χ0n) is 12.9. The fourth-order valence-corrected chi connectivity index (χ4v) is 2.33. The zero-order valence-corrected chi connectivity index (χ0v) is 12.9. The van der Waals surface area contributed by atoms with Gasteiger partial charge in [0, 0.05) is 18.0 Å². The van der Waals surface area contributed by atoms with E-state index in [-0.39, 0.29) is 5.91 Å². The molecule has 0 spiro atoms. The second-order valence-corrected chi connectivity index (χ2v) is 5.02. The Bertz CT molecular complexity index is 744. The van der Waals surface area contributed by atoms with Crippen LogP contribution in [0.5, 0.6) is 0 Å².